The molecule has 2 nitrogen and oxygen atoms in total. The van der Waals surface area contributed by atoms with E-state index in [2.05, 4.69) is 35.1 Å². The summed E-state index contributed by atoms with van der Waals surface area (Å²) in [6.45, 7) is 1.06. The van der Waals surface area contributed by atoms with Gasteiger partial charge in [0.25, 0.3) is 0 Å². The number of hydrogen-bond donors (Lipinski definition) is 2. The molecule has 2 aliphatic heterocycles. The van der Waals surface area contributed by atoms with Gasteiger partial charge in [-0.2, -0.15) is 0 Å². The zero-order chi connectivity index (χ0) is 12.5. The predicted octanol–water partition coefficient (Wildman–Crippen LogP) is 4.28. The summed E-state index contributed by atoms with van der Waals surface area (Å²) in [5, 5.41) is 0. The Labute approximate surface area is 111 Å². The first-order valence-electron chi connectivity index (χ1n) is 7.53. The maximum atomic E-state index is 3.29. The van der Waals surface area contributed by atoms with Gasteiger partial charge in [0, 0.05) is 12.2 Å². The molecular weight excluding hydrogens is 220 g/mol. The quantitative estimate of drug-likeness (QED) is 0.714. The normalized spacial score (nSPS) is 19.3. The van der Waals surface area contributed by atoms with Gasteiger partial charge in [0.05, 0.1) is 0 Å². The van der Waals surface area contributed by atoms with Crippen LogP contribution in [0.5, 0.6) is 0 Å². The highest BCUT2D eigenvalue weighted by atomic mass is 15.3. The van der Waals surface area contributed by atoms with Gasteiger partial charge in [-0.3, -0.25) is 0 Å². The lowest BCUT2D eigenvalue weighted by Gasteiger charge is -2.10. The van der Waals surface area contributed by atoms with Crippen LogP contribution >= 0.6 is 0 Å². The lowest BCUT2D eigenvalue weighted by molar-refractivity contribution is 0.559. The van der Waals surface area contributed by atoms with Crippen molar-refractivity contribution in [1.29, 1.82) is 0 Å². The first-order chi connectivity index (χ1) is 8.95. The number of hydrogen-bond acceptors (Lipinski definition) is 2. The Morgan fingerprint density at radius 3 is 2.00 bits per heavy atom. The Morgan fingerprint density at radius 1 is 0.667 bits per heavy atom. The zero-order valence-electron chi connectivity index (χ0n) is 11.4. The van der Waals surface area contributed by atoms with E-state index >= 15 is 0 Å². The van der Waals surface area contributed by atoms with E-state index in [0.717, 1.165) is 6.54 Å². The summed E-state index contributed by atoms with van der Waals surface area (Å²) < 4.78 is 0. The summed E-state index contributed by atoms with van der Waals surface area (Å²) in [6.07, 6.45) is 12.2. The smallest absolute Gasteiger partial charge is 0.0487 e. The number of fused-ring (bicyclic) bond motifs is 13. The zero-order valence-corrected chi connectivity index (χ0v) is 11.4. The van der Waals surface area contributed by atoms with Crippen molar-refractivity contribution in [2.24, 2.45) is 0 Å². The molecule has 0 spiro atoms. The SMILES string of the molecule is c1cc2ccc1CCCCCCCCCCNN2. The molecule has 2 bridgehead atoms. The molecule has 2 heteroatoms. The molecule has 100 valence electrons. The molecule has 2 N–H and O–H groups in total. The third kappa shape index (κ3) is 5.09. The molecule has 2 heterocycles. The second-order valence-corrected chi connectivity index (χ2v) is 5.33. The van der Waals surface area contributed by atoms with Crippen LogP contribution in [0.3, 0.4) is 0 Å². The Hall–Kier alpha value is -1.02. The first kappa shape index (κ1) is 13.4. The molecule has 0 atom stereocenters. The summed E-state index contributed by atoms with van der Waals surface area (Å²) >= 11 is 0. The Kier molecular flexibility index (Phi) is 6.07. The Morgan fingerprint density at radius 2 is 1.28 bits per heavy atom. The van der Waals surface area contributed by atoms with E-state index in [-0.39, 0.29) is 0 Å². The number of nitrogens with one attached hydrogen (secondary N) is 2. The Bertz CT molecular complexity index is 285. The van der Waals surface area contributed by atoms with Crippen LogP contribution in [-0.2, 0) is 6.42 Å². The van der Waals surface area contributed by atoms with Gasteiger partial charge in [-0.1, -0.05) is 50.7 Å². The van der Waals surface area contributed by atoms with E-state index in [9.17, 15) is 0 Å². The van der Waals surface area contributed by atoms with Gasteiger partial charge in [-0.15, -0.1) is 0 Å². The minimum absolute atomic E-state index is 1.06. The molecule has 18 heavy (non-hydrogen) atoms. The second kappa shape index (κ2) is 8.15. The van der Waals surface area contributed by atoms with Crippen molar-refractivity contribution >= 4 is 5.69 Å². The van der Waals surface area contributed by atoms with E-state index in [1.165, 1.54) is 69.0 Å². The number of aryl methyl sites for hydroxylation is 1. The molecule has 0 radical (unpaired) electrons. The molecule has 1 aromatic rings. The average molecular weight is 246 g/mol. The van der Waals surface area contributed by atoms with Gasteiger partial charge in [-0.05, 0) is 37.0 Å². The van der Waals surface area contributed by atoms with E-state index in [1.54, 1.807) is 0 Å². The van der Waals surface area contributed by atoms with Crippen LogP contribution in [0.1, 0.15) is 56.9 Å². The summed E-state index contributed by atoms with van der Waals surface area (Å²) in [5.41, 5.74) is 9.20. The third-order valence-corrected chi connectivity index (χ3v) is 3.70. The molecule has 3 rings (SSSR count). The number of hydrazine groups is 1. The summed E-state index contributed by atoms with van der Waals surface area (Å²) in [4.78, 5) is 0. The van der Waals surface area contributed by atoms with Gasteiger partial charge in [0.1, 0.15) is 0 Å². The van der Waals surface area contributed by atoms with Crippen molar-refractivity contribution in [3.63, 3.8) is 0 Å². The van der Waals surface area contributed by atoms with Gasteiger partial charge >= 0.3 is 0 Å². The first-order valence-corrected chi connectivity index (χ1v) is 7.53. The van der Waals surface area contributed by atoms with Crippen LogP contribution in [-0.4, -0.2) is 6.54 Å². The highest BCUT2D eigenvalue weighted by molar-refractivity contribution is 5.43. The van der Waals surface area contributed by atoms with Crippen molar-refractivity contribution in [2.75, 3.05) is 12.0 Å². The molecule has 0 fully saturated rings. The summed E-state index contributed by atoms with van der Waals surface area (Å²) in [7, 11) is 0. The van der Waals surface area contributed by atoms with Crippen molar-refractivity contribution in [2.45, 2.75) is 57.8 Å². The van der Waals surface area contributed by atoms with Crippen LogP contribution in [0, 0.1) is 0 Å². The standard InChI is InChI=1S/C16H26N2/c1-2-4-6-8-14-17-18-16-12-10-15(11-13-16)9-7-5-3-1/h10-13,17-18H,1-9,14H2. The average Bonchev–Trinajstić information content (AvgIpc) is 2.40. The lowest BCUT2D eigenvalue weighted by Crippen LogP contribution is -2.22. The molecule has 0 amide bonds. The molecule has 0 aromatic heterocycles. The van der Waals surface area contributed by atoms with Crippen LogP contribution in [0.4, 0.5) is 5.69 Å². The van der Waals surface area contributed by atoms with Gasteiger partial charge in [0.15, 0.2) is 0 Å². The third-order valence-electron chi connectivity index (χ3n) is 3.70. The summed E-state index contributed by atoms with van der Waals surface area (Å²) in [6, 6.07) is 8.84. The second-order valence-electron chi connectivity index (χ2n) is 5.33. The summed E-state index contributed by atoms with van der Waals surface area (Å²) in [5.74, 6) is 0. The van der Waals surface area contributed by atoms with Gasteiger partial charge < -0.3 is 5.43 Å². The monoisotopic (exact) mass is 246 g/mol. The maximum absolute atomic E-state index is 3.29. The largest absolute Gasteiger partial charge is 0.322 e. The number of rotatable bonds is 0. The van der Waals surface area contributed by atoms with Crippen LogP contribution < -0.4 is 10.9 Å². The minimum atomic E-state index is 1.06. The molecule has 0 saturated heterocycles. The Balaban J connectivity index is 1.84. The fraction of sp³-hybridized carbons (Fsp3) is 0.625. The van der Waals surface area contributed by atoms with Crippen molar-refractivity contribution in [3.05, 3.63) is 29.8 Å². The fourth-order valence-corrected chi connectivity index (χ4v) is 2.52. The highest BCUT2D eigenvalue weighted by Crippen LogP contribution is 2.14. The maximum Gasteiger partial charge on any atom is 0.0487 e. The predicted molar refractivity (Wildman–Crippen MR) is 78.7 cm³/mol. The van der Waals surface area contributed by atoms with Gasteiger partial charge in [-0.25, -0.2) is 5.43 Å². The molecule has 0 unspecified atom stereocenters. The van der Waals surface area contributed by atoms with E-state index in [0.29, 0.717) is 0 Å². The highest BCUT2D eigenvalue weighted by Gasteiger charge is 1.97. The van der Waals surface area contributed by atoms with Crippen molar-refractivity contribution < 1.29 is 0 Å². The van der Waals surface area contributed by atoms with Gasteiger partial charge in [0.2, 0.25) is 0 Å². The van der Waals surface area contributed by atoms with Crippen LogP contribution in [0.15, 0.2) is 24.3 Å². The fourth-order valence-electron chi connectivity index (χ4n) is 2.52. The molecule has 2 aliphatic rings. The molecule has 1 aromatic carbocycles. The van der Waals surface area contributed by atoms with E-state index < -0.39 is 0 Å². The number of benzene rings is 1. The van der Waals surface area contributed by atoms with E-state index in [1.807, 2.05) is 0 Å². The molecular formula is C16H26N2. The number of anilines is 1. The molecule has 0 saturated carbocycles. The van der Waals surface area contributed by atoms with Crippen molar-refractivity contribution in [1.82, 2.24) is 5.43 Å². The molecule has 0 aliphatic carbocycles. The van der Waals surface area contributed by atoms with Crippen LogP contribution in [0.2, 0.25) is 0 Å². The lowest BCUT2D eigenvalue weighted by atomic mass is 10.0. The van der Waals surface area contributed by atoms with Crippen LogP contribution in [0.25, 0.3) is 0 Å². The topological polar surface area (TPSA) is 24.1 Å². The minimum Gasteiger partial charge on any atom is -0.322 e. The van der Waals surface area contributed by atoms with E-state index in [4.69, 9.17) is 0 Å². The van der Waals surface area contributed by atoms with Crippen molar-refractivity contribution in [3.8, 4) is 0 Å².